The van der Waals surface area contributed by atoms with Gasteiger partial charge in [0.15, 0.2) is 0 Å². The molecule has 0 saturated carbocycles. The second-order valence-corrected chi connectivity index (χ2v) is 10.1. The summed E-state index contributed by atoms with van der Waals surface area (Å²) in [6, 6.07) is 19.1. The van der Waals surface area contributed by atoms with E-state index in [0.717, 1.165) is 11.1 Å². The van der Waals surface area contributed by atoms with Crippen molar-refractivity contribution in [3.8, 4) is 11.5 Å². The van der Waals surface area contributed by atoms with Gasteiger partial charge in [-0.25, -0.2) is 0 Å². The van der Waals surface area contributed by atoms with Crippen LogP contribution in [0.1, 0.15) is 57.5 Å². The predicted molar refractivity (Wildman–Crippen MR) is 138 cm³/mol. The van der Waals surface area contributed by atoms with Gasteiger partial charge in [0, 0.05) is 0 Å². The van der Waals surface area contributed by atoms with Crippen molar-refractivity contribution in [2.24, 2.45) is 0 Å². The molecule has 6 heteroatoms. The first-order valence-corrected chi connectivity index (χ1v) is 11.4. The van der Waals surface area contributed by atoms with Gasteiger partial charge in [0.25, 0.3) is 0 Å². The van der Waals surface area contributed by atoms with Crippen LogP contribution < -0.4 is 0 Å². The Morgan fingerprint density at radius 3 is 1.26 bits per heavy atom. The minimum atomic E-state index is 0. The third-order valence-corrected chi connectivity index (χ3v) is 5.74. The number of para-hydroxylation sites is 2. The Labute approximate surface area is 215 Å². The predicted octanol–water partition coefficient (Wildman–Crippen LogP) is 7.67. The van der Waals surface area contributed by atoms with E-state index in [1.807, 2.05) is 56.4 Å². The number of phenols is 2. The Morgan fingerprint density at radius 1 is 0.677 bits per heavy atom. The zero-order valence-electron chi connectivity index (χ0n) is 19.0. The summed E-state index contributed by atoms with van der Waals surface area (Å²) in [6.45, 7) is 12.5. The van der Waals surface area contributed by atoms with Crippen LogP contribution in [0.2, 0.25) is 0 Å². The van der Waals surface area contributed by atoms with Gasteiger partial charge in [-0.2, -0.15) is 0 Å². The van der Waals surface area contributed by atoms with Gasteiger partial charge < -0.3 is 10.2 Å². The third kappa shape index (κ3) is 11.9. The van der Waals surface area contributed by atoms with Gasteiger partial charge in [-0.3, -0.25) is 0 Å². The fourth-order valence-electron chi connectivity index (χ4n) is 2.59. The third-order valence-electron chi connectivity index (χ3n) is 4.11. The van der Waals surface area contributed by atoms with Gasteiger partial charge in [-0.1, -0.05) is 77.9 Å². The van der Waals surface area contributed by atoms with Crippen molar-refractivity contribution < 1.29 is 30.2 Å². The van der Waals surface area contributed by atoms with Crippen LogP contribution in [0.4, 0.5) is 0 Å². The first-order valence-electron chi connectivity index (χ1n) is 9.57. The molecule has 0 radical (unpaired) electrons. The Hall–Kier alpha value is -1.10. The summed E-state index contributed by atoms with van der Waals surface area (Å²) in [4.78, 5) is 1.35. The summed E-state index contributed by atoms with van der Waals surface area (Å²) >= 11 is 3.81. The average molecular weight is 517 g/mol. The van der Waals surface area contributed by atoms with Gasteiger partial charge in [0.2, 0.25) is 0 Å². The molecule has 31 heavy (non-hydrogen) atoms. The van der Waals surface area contributed by atoms with Crippen LogP contribution in [0, 0.1) is 0 Å². The van der Waals surface area contributed by atoms with Crippen LogP contribution in [0.5, 0.6) is 11.5 Å². The summed E-state index contributed by atoms with van der Waals surface area (Å²) < 4.78 is 2.10. The number of rotatable bonds is 1. The van der Waals surface area contributed by atoms with Gasteiger partial charge >= 0.3 is 58.0 Å². The molecular weight excluding hydrogens is 483 g/mol. The number of hydrogen-bond donors (Lipinski definition) is 2. The number of hydrogen-bond acceptors (Lipinski definition) is 3. The number of phenolic OH excluding ortho intramolecular Hbond substituents is 2. The van der Waals surface area contributed by atoms with Gasteiger partial charge in [-0.05, 0) is 34.1 Å². The normalized spacial score (nSPS) is 10.1. The van der Waals surface area contributed by atoms with Crippen LogP contribution >= 0.6 is 36.2 Å². The van der Waals surface area contributed by atoms with E-state index in [0.29, 0.717) is 11.5 Å². The molecule has 2 aromatic carbocycles. The molecule has 3 rings (SSSR count). The molecular formula is C25H34Cl2O2STi. The molecule has 0 unspecified atom stereocenters. The molecule has 0 saturated heterocycles. The molecule has 0 spiro atoms. The molecule has 2 nitrogen and oxygen atoms in total. The second-order valence-electron chi connectivity index (χ2n) is 8.69. The molecule has 2 N–H and O–H groups in total. The fraction of sp³-hybridized carbons (Fsp3) is 0.320. The van der Waals surface area contributed by atoms with Gasteiger partial charge in [0.1, 0.15) is 11.5 Å². The SMILES string of the molecule is CC(C)(C)c1ccccc1O.CC(C)(C)c1ccccc1O.Cl.Cl.[Ti]=[CH]c1cccs1. The first kappa shape index (κ1) is 32.1. The van der Waals surface area contributed by atoms with Crippen molar-refractivity contribution in [2.75, 3.05) is 0 Å². The van der Waals surface area contributed by atoms with Crippen molar-refractivity contribution in [1.82, 2.24) is 0 Å². The van der Waals surface area contributed by atoms with Crippen LogP contribution in [0.25, 0.3) is 0 Å². The molecule has 0 aliphatic carbocycles. The first-order chi connectivity index (χ1) is 13.5. The Kier molecular flexibility index (Phi) is 15.4. The summed E-state index contributed by atoms with van der Waals surface area (Å²) in [5.41, 5.74) is 2.07. The summed E-state index contributed by atoms with van der Waals surface area (Å²) in [6.07, 6.45) is 0. The fourth-order valence-corrected chi connectivity index (χ4v) is 3.60. The molecule has 0 bridgehead atoms. The summed E-state index contributed by atoms with van der Waals surface area (Å²) in [7, 11) is 0. The number of thiophene rings is 1. The number of benzene rings is 2. The van der Waals surface area contributed by atoms with E-state index in [2.05, 4.69) is 63.4 Å². The molecule has 0 aliphatic rings. The van der Waals surface area contributed by atoms with E-state index >= 15 is 0 Å². The Bertz CT molecular complexity index is 828. The van der Waals surface area contributed by atoms with Crippen molar-refractivity contribution in [1.29, 1.82) is 0 Å². The number of halogens is 2. The van der Waals surface area contributed by atoms with Crippen LogP contribution in [-0.4, -0.2) is 14.5 Å². The Morgan fingerprint density at radius 2 is 1.06 bits per heavy atom. The zero-order valence-corrected chi connectivity index (χ0v) is 23.1. The quantitative estimate of drug-likeness (QED) is 0.325. The van der Waals surface area contributed by atoms with E-state index in [1.165, 1.54) is 4.88 Å². The molecule has 0 amide bonds. The van der Waals surface area contributed by atoms with Crippen LogP contribution in [0.15, 0.2) is 66.0 Å². The standard InChI is InChI=1S/2C10H14O.C5H4S.2ClH.Ti/c2*1-10(2,3)8-6-4-5-7-9(8)11;1-5-3-2-4-6-5;;;/h2*4-7,11H,1-3H3;1-4H;2*1H;. The molecule has 1 aromatic heterocycles. The Balaban J connectivity index is 0. The van der Waals surface area contributed by atoms with Crippen molar-refractivity contribution >= 4 is 40.5 Å². The van der Waals surface area contributed by atoms with Crippen molar-refractivity contribution in [3.05, 3.63) is 82.0 Å². The van der Waals surface area contributed by atoms with Crippen LogP contribution in [0.3, 0.4) is 0 Å². The molecule has 0 atom stereocenters. The molecule has 0 fully saturated rings. The van der Waals surface area contributed by atoms with Gasteiger partial charge in [-0.15, -0.1) is 24.8 Å². The van der Waals surface area contributed by atoms with E-state index in [-0.39, 0.29) is 35.6 Å². The van der Waals surface area contributed by atoms with Gasteiger partial charge in [0.05, 0.1) is 0 Å². The summed E-state index contributed by atoms with van der Waals surface area (Å²) in [5, 5.41) is 21.0. The minimum absolute atomic E-state index is 0. The molecule has 3 aromatic rings. The zero-order chi connectivity index (χ0) is 22.1. The van der Waals surface area contributed by atoms with E-state index in [9.17, 15) is 10.2 Å². The average Bonchev–Trinajstić information content (AvgIpc) is 3.15. The van der Waals surface area contributed by atoms with E-state index < -0.39 is 0 Å². The maximum absolute atomic E-state index is 9.45. The monoisotopic (exact) mass is 516 g/mol. The van der Waals surface area contributed by atoms with E-state index in [4.69, 9.17) is 0 Å². The molecule has 0 aliphatic heterocycles. The molecule has 170 valence electrons. The van der Waals surface area contributed by atoms with Crippen LogP contribution in [-0.2, 0) is 30.8 Å². The van der Waals surface area contributed by atoms with Crippen molar-refractivity contribution in [2.45, 2.75) is 52.4 Å². The maximum atomic E-state index is 9.45. The van der Waals surface area contributed by atoms with E-state index in [1.54, 1.807) is 23.5 Å². The second kappa shape index (κ2) is 14.9. The number of aromatic hydroxyl groups is 2. The topological polar surface area (TPSA) is 40.5 Å². The van der Waals surface area contributed by atoms with Crippen molar-refractivity contribution in [3.63, 3.8) is 0 Å². The molecule has 1 heterocycles. The summed E-state index contributed by atoms with van der Waals surface area (Å²) in [5.74, 6) is 0.778.